The number of benzene rings is 2. The number of carbonyl (C=O) groups is 2. The molecule has 0 aromatic heterocycles. The van der Waals surface area contributed by atoms with Crippen LogP contribution in [0.4, 0.5) is 5.69 Å². The first kappa shape index (κ1) is 29.8. The van der Waals surface area contributed by atoms with Crippen LogP contribution in [0.15, 0.2) is 53.0 Å². The van der Waals surface area contributed by atoms with Crippen molar-refractivity contribution in [1.82, 2.24) is 10.2 Å². The summed E-state index contributed by atoms with van der Waals surface area (Å²) in [5, 5.41) is 2.96. The van der Waals surface area contributed by atoms with Gasteiger partial charge in [0.2, 0.25) is 21.8 Å². The van der Waals surface area contributed by atoms with Gasteiger partial charge in [0.1, 0.15) is 6.04 Å². The zero-order chi connectivity index (χ0) is 26.9. The Kier molecular flexibility index (Phi) is 11.4. The molecule has 198 valence electrons. The number of sulfonamides is 1. The van der Waals surface area contributed by atoms with Crippen molar-refractivity contribution < 1.29 is 18.0 Å². The first-order chi connectivity index (χ1) is 17.0. The van der Waals surface area contributed by atoms with E-state index in [-0.39, 0.29) is 37.4 Å². The van der Waals surface area contributed by atoms with Crippen LogP contribution in [0.2, 0.25) is 0 Å². The molecule has 36 heavy (non-hydrogen) atoms. The molecule has 0 saturated heterocycles. The van der Waals surface area contributed by atoms with E-state index in [0.29, 0.717) is 12.1 Å². The van der Waals surface area contributed by atoms with E-state index in [1.165, 1.54) is 10.6 Å². The van der Waals surface area contributed by atoms with Gasteiger partial charge in [0.15, 0.2) is 0 Å². The van der Waals surface area contributed by atoms with Crippen molar-refractivity contribution in [2.75, 3.05) is 17.1 Å². The van der Waals surface area contributed by atoms with Gasteiger partial charge in [-0.25, -0.2) is 8.42 Å². The zero-order valence-electron chi connectivity index (χ0n) is 21.8. The Morgan fingerprint density at radius 2 is 1.56 bits per heavy atom. The Hall–Kier alpha value is -2.39. The van der Waals surface area contributed by atoms with E-state index in [9.17, 15) is 18.0 Å². The summed E-state index contributed by atoms with van der Waals surface area (Å²) >= 11 is 3.42. The Balaban J connectivity index is 2.16. The fourth-order valence-corrected chi connectivity index (χ4v) is 4.97. The summed E-state index contributed by atoms with van der Waals surface area (Å²) in [6.07, 6.45) is 3.28. The number of nitrogens with zero attached hydrogens (tertiary/aromatic N) is 2. The maximum Gasteiger partial charge on any atom is 0.242 e. The van der Waals surface area contributed by atoms with Crippen LogP contribution in [-0.4, -0.2) is 50.0 Å². The molecule has 0 aliphatic carbocycles. The minimum Gasteiger partial charge on any atom is -0.352 e. The summed E-state index contributed by atoms with van der Waals surface area (Å²) in [6, 6.07) is 14.4. The Morgan fingerprint density at radius 1 is 0.972 bits per heavy atom. The number of hydrogen-bond donors (Lipinski definition) is 1. The molecule has 0 fully saturated rings. The van der Waals surface area contributed by atoms with Crippen molar-refractivity contribution in [1.29, 1.82) is 0 Å². The minimum atomic E-state index is -3.51. The van der Waals surface area contributed by atoms with Gasteiger partial charge in [-0.05, 0) is 68.5 Å². The van der Waals surface area contributed by atoms with Gasteiger partial charge in [-0.1, -0.05) is 54.0 Å². The molecule has 0 aliphatic rings. The number of amides is 2. The molecule has 2 rings (SSSR count). The highest BCUT2D eigenvalue weighted by Gasteiger charge is 2.27. The van der Waals surface area contributed by atoms with Crippen LogP contribution in [0.5, 0.6) is 0 Å². The van der Waals surface area contributed by atoms with E-state index >= 15 is 0 Å². The lowest BCUT2D eigenvalue weighted by Gasteiger charge is -2.30. The van der Waals surface area contributed by atoms with Gasteiger partial charge in [-0.2, -0.15) is 0 Å². The lowest BCUT2D eigenvalue weighted by atomic mass is 10.1. The lowest BCUT2D eigenvalue weighted by Crippen LogP contribution is -2.49. The molecular weight excluding hydrogens is 542 g/mol. The number of hydrogen-bond acceptors (Lipinski definition) is 4. The largest absolute Gasteiger partial charge is 0.352 e. The quantitative estimate of drug-likeness (QED) is 0.366. The van der Waals surface area contributed by atoms with Crippen molar-refractivity contribution in [3.05, 3.63) is 64.1 Å². The second-order valence-electron chi connectivity index (χ2n) is 9.10. The summed E-state index contributed by atoms with van der Waals surface area (Å²) < 4.78 is 27.2. The standard InChI is InChI=1S/C27H38BrN3O4S/c1-6-20(3)29-27(33)21(4)30(19-23-10-14-24(28)15-11-23)26(32)9-8-18-31(36(5,34)35)25-16-12-22(7-2)13-17-25/h10-17,20-21H,6-9,18-19H2,1-5H3,(H,29,33)/t20-,21+/m1/s1. The van der Waals surface area contributed by atoms with Gasteiger partial charge in [0, 0.05) is 30.0 Å². The van der Waals surface area contributed by atoms with Crippen molar-refractivity contribution in [3.8, 4) is 0 Å². The molecule has 0 bridgehead atoms. The van der Waals surface area contributed by atoms with Gasteiger partial charge in [0.05, 0.1) is 11.9 Å². The molecule has 2 aromatic rings. The van der Waals surface area contributed by atoms with Crippen molar-refractivity contribution >= 4 is 43.5 Å². The van der Waals surface area contributed by atoms with Crippen molar-refractivity contribution in [3.63, 3.8) is 0 Å². The maximum atomic E-state index is 13.3. The summed E-state index contributed by atoms with van der Waals surface area (Å²) in [4.78, 5) is 27.8. The third-order valence-corrected chi connectivity index (χ3v) is 7.94. The number of rotatable bonds is 13. The normalized spacial score (nSPS) is 13.1. The van der Waals surface area contributed by atoms with E-state index < -0.39 is 16.1 Å². The molecule has 0 radical (unpaired) electrons. The molecule has 0 saturated carbocycles. The SMILES string of the molecule is CCc1ccc(N(CCCC(=O)N(Cc2ccc(Br)cc2)[C@@H](C)C(=O)N[C@H](C)CC)S(C)(=O)=O)cc1. The van der Waals surface area contributed by atoms with Gasteiger partial charge in [-0.3, -0.25) is 13.9 Å². The summed E-state index contributed by atoms with van der Waals surface area (Å²) in [6.45, 7) is 8.15. The summed E-state index contributed by atoms with van der Waals surface area (Å²) in [7, 11) is -3.51. The van der Waals surface area contributed by atoms with Crippen LogP contribution in [-0.2, 0) is 32.6 Å². The molecule has 7 nitrogen and oxygen atoms in total. The second-order valence-corrected chi connectivity index (χ2v) is 11.9. The van der Waals surface area contributed by atoms with Crippen LogP contribution in [0, 0.1) is 0 Å². The molecule has 0 heterocycles. The highest BCUT2D eigenvalue weighted by molar-refractivity contribution is 9.10. The first-order valence-corrected chi connectivity index (χ1v) is 15.0. The van der Waals surface area contributed by atoms with Crippen LogP contribution in [0.3, 0.4) is 0 Å². The van der Waals surface area contributed by atoms with Crippen LogP contribution < -0.4 is 9.62 Å². The van der Waals surface area contributed by atoms with E-state index in [1.54, 1.807) is 24.0 Å². The minimum absolute atomic E-state index is 0.00648. The molecule has 2 aromatic carbocycles. The Bertz CT molecular complexity index is 1100. The predicted molar refractivity (Wildman–Crippen MR) is 149 cm³/mol. The maximum absolute atomic E-state index is 13.3. The van der Waals surface area contributed by atoms with Crippen molar-refractivity contribution in [2.24, 2.45) is 0 Å². The fraction of sp³-hybridized carbons (Fsp3) is 0.481. The average Bonchev–Trinajstić information content (AvgIpc) is 2.85. The highest BCUT2D eigenvalue weighted by atomic mass is 79.9. The average molecular weight is 581 g/mol. The number of carbonyl (C=O) groups excluding carboxylic acids is 2. The number of aryl methyl sites for hydroxylation is 1. The molecule has 0 aliphatic heterocycles. The smallest absolute Gasteiger partial charge is 0.242 e. The van der Waals surface area contributed by atoms with Crippen LogP contribution >= 0.6 is 15.9 Å². The molecule has 0 spiro atoms. The van der Waals surface area contributed by atoms with E-state index in [1.807, 2.05) is 57.2 Å². The first-order valence-electron chi connectivity index (χ1n) is 12.4. The molecule has 2 atom stereocenters. The lowest BCUT2D eigenvalue weighted by molar-refractivity contribution is -0.140. The van der Waals surface area contributed by atoms with Gasteiger partial charge in [-0.15, -0.1) is 0 Å². The topological polar surface area (TPSA) is 86.8 Å². The van der Waals surface area contributed by atoms with Crippen molar-refractivity contribution in [2.45, 2.75) is 72.0 Å². The fourth-order valence-electron chi connectivity index (χ4n) is 3.74. The molecule has 0 unspecified atom stereocenters. The summed E-state index contributed by atoms with van der Waals surface area (Å²) in [5.74, 6) is -0.400. The van der Waals surface area contributed by atoms with E-state index in [2.05, 4.69) is 21.2 Å². The number of halogens is 1. The number of anilines is 1. The van der Waals surface area contributed by atoms with Crippen LogP contribution in [0.1, 0.15) is 58.1 Å². The molecular formula is C27H38BrN3O4S. The number of nitrogens with one attached hydrogen (secondary N) is 1. The molecule has 9 heteroatoms. The molecule has 1 N–H and O–H groups in total. The monoisotopic (exact) mass is 579 g/mol. The third kappa shape index (κ3) is 8.92. The second kappa shape index (κ2) is 13.8. The highest BCUT2D eigenvalue weighted by Crippen LogP contribution is 2.20. The summed E-state index contributed by atoms with van der Waals surface area (Å²) in [5.41, 5.74) is 2.61. The van der Waals surface area contributed by atoms with E-state index in [4.69, 9.17) is 0 Å². The predicted octanol–water partition coefficient (Wildman–Crippen LogP) is 4.89. The molecule has 2 amide bonds. The van der Waals surface area contributed by atoms with Gasteiger partial charge < -0.3 is 10.2 Å². The van der Waals surface area contributed by atoms with Crippen LogP contribution in [0.25, 0.3) is 0 Å². The van der Waals surface area contributed by atoms with Gasteiger partial charge in [0.25, 0.3) is 0 Å². The zero-order valence-corrected chi connectivity index (χ0v) is 24.2. The third-order valence-electron chi connectivity index (χ3n) is 6.22. The Morgan fingerprint density at radius 3 is 2.08 bits per heavy atom. The van der Waals surface area contributed by atoms with Gasteiger partial charge >= 0.3 is 0 Å². The van der Waals surface area contributed by atoms with E-state index in [0.717, 1.165) is 28.4 Å². The Labute approximate surface area is 224 Å².